The lowest BCUT2D eigenvalue weighted by molar-refractivity contribution is -0.160. The highest BCUT2D eigenvalue weighted by molar-refractivity contribution is 9.10. The first-order valence-electron chi connectivity index (χ1n) is 5.61. The number of aliphatic hydroxyl groups is 1. The van der Waals surface area contributed by atoms with E-state index in [9.17, 15) is 21.6 Å². The molecule has 1 aliphatic carbocycles. The van der Waals surface area contributed by atoms with Crippen LogP contribution in [0.2, 0.25) is 0 Å². The number of nitrogens with one attached hydrogen (secondary N) is 1. The Labute approximate surface area is 122 Å². The molecule has 1 aliphatic rings. The van der Waals surface area contributed by atoms with E-state index in [0.717, 1.165) is 6.07 Å². The van der Waals surface area contributed by atoms with E-state index >= 15 is 0 Å². The largest absolute Gasteiger partial charge is 0.407 e. The van der Waals surface area contributed by atoms with Crippen LogP contribution in [0.25, 0.3) is 0 Å². The SMILES string of the molecule is O=S(=O)(NC1(C(F)(F)F)CC1)c1ccc(CO)cc1Br. The van der Waals surface area contributed by atoms with Gasteiger partial charge in [0.2, 0.25) is 10.0 Å². The number of rotatable bonds is 4. The number of hydrogen-bond acceptors (Lipinski definition) is 3. The lowest BCUT2D eigenvalue weighted by Gasteiger charge is -2.21. The second-order valence-corrected chi connectivity index (χ2v) is 7.11. The summed E-state index contributed by atoms with van der Waals surface area (Å²) >= 11 is 2.99. The fourth-order valence-corrected chi connectivity index (χ4v) is 4.31. The predicted molar refractivity (Wildman–Crippen MR) is 68.4 cm³/mol. The summed E-state index contributed by atoms with van der Waals surface area (Å²) in [5, 5.41) is 8.92. The molecule has 1 fully saturated rings. The second-order valence-electron chi connectivity index (χ2n) is 4.61. The highest BCUT2D eigenvalue weighted by Crippen LogP contribution is 2.49. The smallest absolute Gasteiger partial charge is 0.392 e. The molecule has 0 aliphatic heterocycles. The van der Waals surface area contributed by atoms with Crippen molar-refractivity contribution in [2.24, 2.45) is 0 Å². The molecule has 1 aromatic carbocycles. The molecule has 4 nitrogen and oxygen atoms in total. The molecule has 112 valence electrons. The van der Waals surface area contributed by atoms with Gasteiger partial charge in [-0.1, -0.05) is 6.07 Å². The van der Waals surface area contributed by atoms with Gasteiger partial charge in [-0.3, -0.25) is 0 Å². The van der Waals surface area contributed by atoms with Gasteiger partial charge in [0.25, 0.3) is 0 Å². The van der Waals surface area contributed by atoms with Gasteiger partial charge < -0.3 is 5.11 Å². The number of halogens is 4. The fraction of sp³-hybridized carbons (Fsp3) is 0.455. The summed E-state index contributed by atoms with van der Waals surface area (Å²) in [7, 11) is -4.29. The molecule has 2 rings (SSSR count). The van der Waals surface area contributed by atoms with Gasteiger partial charge >= 0.3 is 6.18 Å². The van der Waals surface area contributed by atoms with E-state index in [-0.39, 0.29) is 28.8 Å². The molecule has 0 radical (unpaired) electrons. The lowest BCUT2D eigenvalue weighted by atomic mass is 10.2. The topological polar surface area (TPSA) is 66.4 Å². The van der Waals surface area contributed by atoms with Gasteiger partial charge in [0, 0.05) is 4.47 Å². The minimum atomic E-state index is -4.61. The van der Waals surface area contributed by atoms with Crippen molar-refractivity contribution >= 4 is 26.0 Å². The quantitative estimate of drug-likeness (QED) is 0.850. The molecular formula is C11H11BrF3NO3S. The number of benzene rings is 1. The molecule has 1 saturated carbocycles. The number of sulfonamides is 1. The molecule has 0 heterocycles. The van der Waals surface area contributed by atoms with Crippen molar-refractivity contribution in [1.82, 2.24) is 4.72 Å². The molecule has 0 atom stereocenters. The lowest BCUT2D eigenvalue weighted by Crippen LogP contribution is -2.47. The summed E-state index contributed by atoms with van der Waals surface area (Å²) in [5.74, 6) is 0. The van der Waals surface area contributed by atoms with Crippen LogP contribution in [0.4, 0.5) is 13.2 Å². The van der Waals surface area contributed by atoms with Crippen LogP contribution < -0.4 is 4.72 Å². The average Bonchev–Trinajstić information content (AvgIpc) is 3.08. The molecule has 0 unspecified atom stereocenters. The Morgan fingerprint density at radius 1 is 1.35 bits per heavy atom. The Morgan fingerprint density at radius 3 is 2.35 bits per heavy atom. The van der Waals surface area contributed by atoms with Gasteiger partial charge in [-0.2, -0.15) is 17.9 Å². The summed E-state index contributed by atoms with van der Waals surface area (Å²) in [6.45, 7) is -0.293. The molecule has 9 heteroatoms. The highest BCUT2D eigenvalue weighted by atomic mass is 79.9. The molecule has 0 spiro atoms. The molecule has 0 bridgehead atoms. The Hall–Kier alpha value is -0.640. The number of alkyl halides is 3. The van der Waals surface area contributed by atoms with Crippen LogP contribution in [0, 0.1) is 0 Å². The maximum Gasteiger partial charge on any atom is 0.407 e. The summed E-state index contributed by atoms with van der Waals surface area (Å²) in [6.07, 6.45) is -5.14. The number of aliphatic hydroxyl groups excluding tert-OH is 1. The third-order valence-corrected chi connectivity index (χ3v) is 5.60. The van der Waals surface area contributed by atoms with E-state index in [0.29, 0.717) is 5.56 Å². The van der Waals surface area contributed by atoms with Gasteiger partial charge in [0.15, 0.2) is 0 Å². The van der Waals surface area contributed by atoms with Crippen LogP contribution in [0.5, 0.6) is 0 Å². The van der Waals surface area contributed by atoms with Crippen molar-refractivity contribution in [2.45, 2.75) is 36.1 Å². The Kier molecular flexibility index (Phi) is 3.91. The zero-order valence-corrected chi connectivity index (χ0v) is 12.4. The first-order valence-corrected chi connectivity index (χ1v) is 7.89. The summed E-state index contributed by atoms with van der Waals surface area (Å²) < 4.78 is 64.3. The van der Waals surface area contributed by atoms with Crippen molar-refractivity contribution in [3.8, 4) is 0 Å². The van der Waals surface area contributed by atoms with E-state index < -0.39 is 21.7 Å². The summed E-state index contributed by atoms with van der Waals surface area (Å²) in [4.78, 5) is -0.287. The Bertz CT molecular complexity index is 626. The minimum absolute atomic E-state index is 0.106. The summed E-state index contributed by atoms with van der Waals surface area (Å²) in [6, 6.07) is 3.85. The highest BCUT2D eigenvalue weighted by Gasteiger charge is 2.65. The third-order valence-electron chi connectivity index (χ3n) is 3.09. The first-order chi connectivity index (χ1) is 9.11. The third kappa shape index (κ3) is 2.85. The van der Waals surface area contributed by atoms with E-state index in [1.807, 2.05) is 0 Å². The molecule has 0 amide bonds. The summed E-state index contributed by atoms with van der Waals surface area (Å²) in [5.41, 5.74) is -1.89. The van der Waals surface area contributed by atoms with Gasteiger partial charge in [-0.15, -0.1) is 0 Å². The predicted octanol–water partition coefficient (Wildman–Crippen LogP) is 2.31. The van der Waals surface area contributed by atoms with Crippen molar-refractivity contribution in [3.63, 3.8) is 0 Å². The fourth-order valence-electron chi connectivity index (χ4n) is 1.74. The Balaban J connectivity index is 2.33. The van der Waals surface area contributed by atoms with Crippen LogP contribution >= 0.6 is 15.9 Å². The molecule has 2 N–H and O–H groups in total. The van der Waals surface area contributed by atoms with Crippen molar-refractivity contribution < 1.29 is 26.7 Å². The van der Waals surface area contributed by atoms with E-state index in [1.54, 1.807) is 4.72 Å². The average molecular weight is 374 g/mol. The zero-order chi connectivity index (χ0) is 15.2. The van der Waals surface area contributed by atoms with Crippen LogP contribution in [0.15, 0.2) is 27.6 Å². The van der Waals surface area contributed by atoms with Crippen LogP contribution in [-0.4, -0.2) is 25.2 Å². The maximum absolute atomic E-state index is 12.8. The maximum atomic E-state index is 12.8. The van der Waals surface area contributed by atoms with E-state index in [4.69, 9.17) is 5.11 Å². The van der Waals surface area contributed by atoms with Gasteiger partial charge in [0.1, 0.15) is 5.54 Å². The number of hydrogen-bond donors (Lipinski definition) is 2. The Morgan fingerprint density at radius 2 is 1.95 bits per heavy atom. The molecule has 20 heavy (non-hydrogen) atoms. The normalized spacial score (nSPS) is 18.1. The van der Waals surface area contributed by atoms with E-state index in [2.05, 4.69) is 15.9 Å². The van der Waals surface area contributed by atoms with Gasteiger partial charge in [-0.05, 0) is 46.5 Å². The van der Waals surface area contributed by atoms with Gasteiger partial charge in [0.05, 0.1) is 11.5 Å². The second kappa shape index (κ2) is 4.97. The van der Waals surface area contributed by atoms with Crippen molar-refractivity contribution in [2.75, 3.05) is 0 Å². The standard InChI is InChI=1S/C11H11BrF3NO3S/c12-8-5-7(6-17)1-2-9(8)20(18,19)16-10(3-4-10)11(13,14)15/h1-2,5,16-17H,3-4,6H2. The van der Waals surface area contributed by atoms with Crippen molar-refractivity contribution in [1.29, 1.82) is 0 Å². The molecule has 0 aromatic heterocycles. The first kappa shape index (κ1) is 15.7. The van der Waals surface area contributed by atoms with Crippen LogP contribution in [-0.2, 0) is 16.6 Å². The van der Waals surface area contributed by atoms with Crippen molar-refractivity contribution in [3.05, 3.63) is 28.2 Å². The monoisotopic (exact) mass is 373 g/mol. The van der Waals surface area contributed by atoms with Crippen LogP contribution in [0.3, 0.4) is 0 Å². The molecule has 1 aromatic rings. The minimum Gasteiger partial charge on any atom is -0.392 e. The van der Waals surface area contributed by atoms with E-state index in [1.165, 1.54) is 12.1 Å². The van der Waals surface area contributed by atoms with Crippen LogP contribution in [0.1, 0.15) is 18.4 Å². The van der Waals surface area contributed by atoms with Gasteiger partial charge in [-0.25, -0.2) is 8.42 Å². The molecule has 0 saturated heterocycles. The molecular weight excluding hydrogens is 363 g/mol. The zero-order valence-electron chi connectivity index (χ0n) is 10.0.